The van der Waals surface area contributed by atoms with Gasteiger partial charge in [-0.05, 0) is 36.8 Å². The van der Waals surface area contributed by atoms with Crippen molar-refractivity contribution in [3.05, 3.63) is 58.4 Å². The molecule has 1 heterocycles. The summed E-state index contributed by atoms with van der Waals surface area (Å²) in [6.07, 6.45) is 1.70. The third kappa shape index (κ3) is 3.23. The fourth-order valence-electron chi connectivity index (χ4n) is 1.65. The molecule has 19 heavy (non-hydrogen) atoms. The highest BCUT2D eigenvalue weighted by Gasteiger charge is 2.08. The molecule has 1 aromatic carbocycles. The van der Waals surface area contributed by atoms with Crippen LogP contribution in [0.25, 0.3) is 0 Å². The second-order valence-electron chi connectivity index (χ2n) is 4.19. The van der Waals surface area contributed by atoms with Crippen molar-refractivity contribution in [1.29, 1.82) is 0 Å². The Labute approximate surface area is 116 Å². The molecular weight excluding hydrogens is 262 g/mol. The van der Waals surface area contributed by atoms with E-state index < -0.39 is 0 Å². The van der Waals surface area contributed by atoms with Crippen LogP contribution in [0, 0.1) is 6.92 Å². The van der Waals surface area contributed by atoms with Crippen molar-refractivity contribution >= 4 is 23.2 Å². The molecule has 0 aliphatic rings. The zero-order valence-electron chi connectivity index (χ0n) is 10.5. The summed E-state index contributed by atoms with van der Waals surface area (Å²) >= 11 is 5.81. The number of amides is 1. The van der Waals surface area contributed by atoms with Crippen LogP contribution in [0.15, 0.2) is 36.5 Å². The maximum absolute atomic E-state index is 12.0. The SMILES string of the molecule is Cc1cccnc1CNC(=O)c1ccc(Cl)c(N)c1. The Morgan fingerprint density at radius 1 is 1.42 bits per heavy atom. The smallest absolute Gasteiger partial charge is 0.251 e. The molecule has 3 N–H and O–H groups in total. The van der Waals surface area contributed by atoms with Crippen LogP contribution in [0.4, 0.5) is 5.69 Å². The largest absolute Gasteiger partial charge is 0.398 e. The van der Waals surface area contributed by atoms with Gasteiger partial charge in [-0.1, -0.05) is 17.7 Å². The average Bonchev–Trinajstić information content (AvgIpc) is 2.40. The third-order valence-corrected chi connectivity index (χ3v) is 3.14. The van der Waals surface area contributed by atoms with Gasteiger partial charge in [0.15, 0.2) is 0 Å². The number of nitrogens with one attached hydrogen (secondary N) is 1. The van der Waals surface area contributed by atoms with E-state index in [1.807, 2.05) is 19.1 Å². The highest BCUT2D eigenvalue weighted by atomic mass is 35.5. The number of hydrogen-bond donors (Lipinski definition) is 2. The first kappa shape index (κ1) is 13.4. The molecule has 2 rings (SSSR count). The molecule has 1 amide bonds. The summed E-state index contributed by atoms with van der Waals surface area (Å²) in [5.74, 6) is -0.201. The lowest BCUT2D eigenvalue weighted by atomic mass is 10.1. The summed E-state index contributed by atoms with van der Waals surface area (Å²) in [5.41, 5.74) is 8.42. The molecule has 0 saturated heterocycles. The van der Waals surface area contributed by atoms with Gasteiger partial charge in [0.05, 0.1) is 22.9 Å². The molecule has 0 unspecified atom stereocenters. The van der Waals surface area contributed by atoms with Crippen LogP contribution < -0.4 is 11.1 Å². The molecule has 98 valence electrons. The van der Waals surface area contributed by atoms with Crippen LogP contribution in [0.2, 0.25) is 5.02 Å². The summed E-state index contributed by atoms with van der Waals surface area (Å²) in [6, 6.07) is 8.62. The Kier molecular flexibility index (Phi) is 4.02. The van der Waals surface area contributed by atoms with E-state index in [1.165, 1.54) is 0 Å². The van der Waals surface area contributed by atoms with Crippen LogP contribution in [0.5, 0.6) is 0 Å². The van der Waals surface area contributed by atoms with Crippen molar-refractivity contribution in [2.24, 2.45) is 0 Å². The summed E-state index contributed by atoms with van der Waals surface area (Å²) < 4.78 is 0. The first-order valence-corrected chi connectivity index (χ1v) is 6.19. The molecule has 5 heteroatoms. The number of nitrogens with zero attached hydrogens (tertiary/aromatic N) is 1. The lowest BCUT2D eigenvalue weighted by molar-refractivity contribution is 0.0950. The molecule has 0 atom stereocenters. The summed E-state index contributed by atoms with van der Waals surface area (Å²) in [5, 5.41) is 3.24. The van der Waals surface area contributed by atoms with Crippen molar-refractivity contribution in [1.82, 2.24) is 10.3 Å². The Morgan fingerprint density at radius 3 is 2.89 bits per heavy atom. The molecule has 4 nitrogen and oxygen atoms in total. The van der Waals surface area contributed by atoms with Gasteiger partial charge in [-0.2, -0.15) is 0 Å². The topological polar surface area (TPSA) is 68.0 Å². The number of rotatable bonds is 3. The van der Waals surface area contributed by atoms with Crippen molar-refractivity contribution in [2.75, 3.05) is 5.73 Å². The highest BCUT2D eigenvalue weighted by Crippen LogP contribution is 2.19. The molecule has 0 bridgehead atoms. The standard InChI is InChI=1S/C14H14ClN3O/c1-9-3-2-6-17-13(9)8-18-14(19)10-4-5-11(15)12(16)7-10/h2-7H,8,16H2,1H3,(H,18,19). The fraction of sp³-hybridized carbons (Fsp3) is 0.143. The quantitative estimate of drug-likeness (QED) is 0.846. The van der Waals surface area contributed by atoms with Gasteiger partial charge >= 0.3 is 0 Å². The number of anilines is 1. The molecule has 2 aromatic rings. The lowest BCUT2D eigenvalue weighted by Crippen LogP contribution is -2.23. The van der Waals surface area contributed by atoms with Crippen molar-refractivity contribution in [2.45, 2.75) is 13.5 Å². The maximum atomic E-state index is 12.0. The molecule has 0 spiro atoms. The molecule has 0 saturated carbocycles. The van der Waals surface area contributed by atoms with Gasteiger partial charge in [0.2, 0.25) is 0 Å². The minimum absolute atomic E-state index is 0.201. The maximum Gasteiger partial charge on any atom is 0.251 e. The van der Waals surface area contributed by atoms with Gasteiger partial charge in [0.1, 0.15) is 0 Å². The summed E-state index contributed by atoms with van der Waals surface area (Å²) in [4.78, 5) is 16.2. The zero-order valence-corrected chi connectivity index (χ0v) is 11.2. The number of benzene rings is 1. The molecule has 0 radical (unpaired) electrons. The van der Waals surface area contributed by atoms with Gasteiger partial charge in [0.25, 0.3) is 5.91 Å². The van der Waals surface area contributed by atoms with Gasteiger partial charge in [-0.3, -0.25) is 9.78 Å². The van der Waals surface area contributed by atoms with E-state index in [4.69, 9.17) is 17.3 Å². The number of nitrogens with two attached hydrogens (primary N) is 1. The molecule has 0 fully saturated rings. The van der Waals surface area contributed by atoms with E-state index in [-0.39, 0.29) is 5.91 Å². The fourth-order valence-corrected chi connectivity index (χ4v) is 1.77. The number of halogens is 1. The summed E-state index contributed by atoms with van der Waals surface area (Å²) in [7, 11) is 0. The van der Waals surface area contributed by atoms with E-state index >= 15 is 0 Å². The average molecular weight is 276 g/mol. The summed E-state index contributed by atoms with van der Waals surface area (Å²) in [6.45, 7) is 2.34. The number of aryl methyl sites for hydroxylation is 1. The Morgan fingerprint density at radius 2 is 2.21 bits per heavy atom. The van der Waals surface area contributed by atoms with E-state index in [0.717, 1.165) is 11.3 Å². The Hall–Kier alpha value is -2.07. The minimum atomic E-state index is -0.201. The first-order chi connectivity index (χ1) is 9.08. The third-order valence-electron chi connectivity index (χ3n) is 2.79. The van der Waals surface area contributed by atoms with Crippen LogP contribution in [0.1, 0.15) is 21.6 Å². The Balaban J connectivity index is 2.05. The van der Waals surface area contributed by atoms with E-state index in [9.17, 15) is 4.79 Å². The van der Waals surface area contributed by atoms with Crippen LogP contribution in [-0.4, -0.2) is 10.9 Å². The molecular formula is C14H14ClN3O. The molecule has 0 aliphatic carbocycles. The number of carbonyl (C=O) groups is 1. The predicted molar refractivity (Wildman–Crippen MR) is 76.0 cm³/mol. The first-order valence-electron chi connectivity index (χ1n) is 5.81. The predicted octanol–water partition coefficient (Wildman–Crippen LogP) is 2.56. The van der Waals surface area contributed by atoms with E-state index in [2.05, 4.69) is 10.3 Å². The Bertz CT molecular complexity index is 613. The van der Waals surface area contributed by atoms with Gasteiger partial charge < -0.3 is 11.1 Å². The van der Waals surface area contributed by atoms with Gasteiger partial charge in [0, 0.05) is 11.8 Å². The van der Waals surface area contributed by atoms with Crippen LogP contribution in [-0.2, 0) is 6.54 Å². The van der Waals surface area contributed by atoms with Crippen molar-refractivity contribution in [3.63, 3.8) is 0 Å². The van der Waals surface area contributed by atoms with Crippen molar-refractivity contribution in [3.8, 4) is 0 Å². The second kappa shape index (κ2) is 5.71. The number of pyridine rings is 1. The number of aromatic nitrogens is 1. The van der Waals surface area contributed by atoms with Gasteiger partial charge in [-0.15, -0.1) is 0 Å². The second-order valence-corrected chi connectivity index (χ2v) is 4.59. The van der Waals surface area contributed by atoms with Crippen LogP contribution in [0.3, 0.4) is 0 Å². The minimum Gasteiger partial charge on any atom is -0.398 e. The van der Waals surface area contributed by atoms with E-state index in [1.54, 1.807) is 24.4 Å². The molecule has 1 aromatic heterocycles. The normalized spacial score (nSPS) is 10.2. The zero-order chi connectivity index (χ0) is 13.8. The number of hydrogen-bond acceptors (Lipinski definition) is 3. The molecule has 0 aliphatic heterocycles. The number of nitrogen functional groups attached to an aromatic ring is 1. The lowest BCUT2D eigenvalue weighted by Gasteiger charge is -2.08. The highest BCUT2D eigenvalue weighted by molar-refractivity contribution is 6.33. The van der Waals surface area contributed by atoms with E-state index in [0.29, 0.717) is 22.8 Å². The monoisotopic (exact) mass is 275 g/mol. The van der Waals surface area contributed by atoms with Gasteiger partial charge in [-0.25, -0.2) is 0 Å². The number of carbonyl (C=O) groups excluding carboxylic acids is 1. The van der Waals surface area contributed by atoms with Crippen molar-refractivity contribution < 1.29 is 4.79 Å². The van der Waals surface area contributed by atoms with Crippen LogP contribution >= 0.6 is 11.6 Å².